The Morgan fingerprint density at radius 1 is 1.31 bits per heavy atom. The number of likely N-dealkylation sites (tertiary alicyclic amines) is 1. The van der Waals surface area contributed by atoms with E-state index in [-0.39, 0.29) is 6.61 Å². The molecule has 26 heavy (non-hydrogen) atoms. The summed E-state index contributed by atoms with van der Waals surface area (Å²) in [5.74, 6) is 0.904. The van der Waals surface area contributed by atoms with Crippen LogP contribution in [0.4, 0.5) is 13.2 Å². The lowest BCUT2D eigenvalue weighted by Gasteiger charge is -2.38. The topological polar surface area (TPSA) is 71.6 Å². The fraction of sp³-hybridized carbons (Fsp3) is 0.529. The van der Waals surface area contributed by atoms with E-state index < -0.39 is 17.3 Å². The molecule has 142 valence electrons. The van der Waals surface area contributed by atoms with Crippen molar-refractivity contribution in [1.82, 2.24) is 15.0 Å². The molecular formula is C17H20F3N3O3. The largest absolute Gasteiger partial charge is 0.416 e. The minimum absolute atomic E-state index is 0.238. The van der Waals surface area contributed by atoms with Crippen LogP contribution in [0.5, 0.6) is 0 Å². The standard InChI is InChI=1S/C17H20F3N3O3/c1-25-11-15-21-14(22-26-15)10-23-7-5-16(24,6-8-23)12-3-2-4-13(9-12)17(18,19)20/h2-4,9,24H,5-8,10-11H2,1H3. The molecule has 2 heterocycles. The van der Waals surface area contributed by atoms with Crippen LogP contribution in [-0.2, 0) is 29.7 Å². The molecule has 0 aliphatic carbocycles. The first-order valence-corrected chi connectivity index (χ1v) is 8.23. The van der Waals surface area contributed by atoms with E-state index in [9.17, 15) is 18.3 Å². The van der Waals surface area contributed by atoms with E-state index in [1.54, 1.807) is 6.07 Å². The molecule has 1 saturated heterocycles. The molecule has 1 aromatic heterocycles. The number of aliphatic hydroxyl groups is 1. The molecule has 3 rings (SSSR count). The quantitative estimate of drug-likeness (QED) is 0.871. The molecule has 0 unspecified atom stereocenters. The highest BCUT2D eigenvalue weighted by atomic mass is 19.4. The Balaban J connectivity index is 1.63. The summed E-state index contributed by atoms with van der Waals surface area (Å²) >= 11 is 0. The first-order valence-electron chi connectivity index (χ1n) is 8.23. The van der Waals surface area contributed by atoms with Crippen LogP contribution in [0.2, 0.25) is 0 Å². The Hall–Kier alpha value is -1.97. The molecule has 0 spiro atoms. The van der Waals surface area contributed by atoms with Gasteiger partial charge in [0, 0.05) is 20.2 Å². The van der Waals surface area contributed by atoms with Crippen molar-refractivity contribution in [1.29, 1.82) is 0 Å². The van der Waals surface area contributed by atoms with Crippen LogP contribution in [0, 0.1) is 0 Å². The number of rotatable bonds is 5. The van der Waals surface area contributed by atoms with Crippen molar-refractivity contribution in [3.8, 4) is 0 Å². The van der Waals surface area contributed by atoms with Gasteiger partial charge in [-0.05, 0) is 30.5 Å². The molecule has 1 N–H and O–H groups in total. The summed E-state index contributed by atoms with van der Waals surface area (Å²) in [4.78, 5) is 6.23. The maximum absolute atomic E-state index is 12.9. The zero-order valence-electron chi connectivity index (χ0n) is 14.3. The second-order valence-corrected chi connectivity index (χ2v) is 6.42. The molecule has 0 bridgehead atoms. The van der Waals surface area contributed by atoms with Crippen molar-refractivity contribution in [3.63, 3.8) is 0 Å². The lowest BCUT2D eigenvalue weighted by Crippen LogP contribution is -2.42. The normalized spacial score (nSPS) is 18.2. The Morgan fingerprint density at radius 2 is 2.04 bits per heavy atom. The van der Waals surface area contributed by atoms with Crippen LogP contribution < -0.4 is 0 Å². The summed E-state index contributed by atoms with van der Waals surface area (Å²) in [5.41, 5.74) is -1.71. The van der Waals surface area contributed by atoms with Gasteiger partial charge in [0.2, 0.25) is 0 Å². The maximum Gasteiger partial charge on any atom is 0.416 e. The van der Waals surface area contributed by atoms with Gasteiger partial charge in [0.25, 0.3) is 5.89 Å². The third kappa shape index (κ3) is 4.22. The fourth-order valence-electron chi connectivity index (χ4n) is 3.09. The monoisotopic (exact) mass is 371 g/mol. The second kappa shape index (κ2) is 7.34. The highest BCUT2D eigenvalue weighted by Crippen LogP contribution is 2.36. The van der Waals surface area contributed by atoms with E-state index in [2.05, 4.69) is 10.1 Å². The number of ether oxygens (including phenoxy) is 1. The highest BCUT2D eigenvalue weighted by Gasteiger charge is 2.37. The summed E-state index contributed by atoms with van der Waals surface area (Å²) in [5, 5.41) is 14.7. The van der Waals surface area contributed by atoms with Crippen LogP contribution in [0.25, 0.3) is 0 Å². The van der Waals surface area contributed by atoms with Crippen molar-refractivity contribution in [2.45, 2.75) is 37.8 Å². The lowest BCUT2D eigenvalue weighted by atomic mass is 9.83. The Bertz CT molecular complexity index is 740. The Labute approximate surface area is 148 Å². The maximum atomic E-state index is 12.9. The second-order valence-electron chi connectivity index (χ2n) is 6.42. The Morgan fingerprint density at radius 3 is 2.69 bits per heavy atom. The minimum atomic E-state index is -4.42. The number of nitrogens with zero attached hydrogens (tertiary/aromatic N) is 3. The van der Waals surface area contributed by atoms with Gasteiger partial charge in [-0.2, -0.15) is 18.2 Å². The van der Waals surface area contributed by atoms with Crippen LogP contribution >= 0.6 is 0 Å². The van der Waals surface area contributed by atoms with Crippen molar-refractivity contribution in [2.24, 2.45) is 0 Å². The van der Waals surface area contributed by atoms with Crippen LogP contribution in [-0.4, -0.2) is 40.3 Å². The Kier molecular flexibility index (Phi) is 5.31. The summed E-state index contributed by atoms with van der Waals surface area (Å²) in [6.07, 6.45) is -3.76. The number of halogens is 3. The minimum Gasteiger partial charge on any atom is -0.385 e. The van der Waals surface area contributed by atoms with Gasteiger partial charge in [-0.15, -0.1) is 0 Å². The van der Waals surface area contributed by atoms with Crippen molar-refractivity contribution in [3.05, 3.63) is 47.1 Å². The number of alkyl halides is 3. The van der Waals surface area contributed by atoms with Crippen LogP contribution in [0.3, 0.4) is 0 Å². The molecule has 1 aromatic carbocycles. The fourth-order valence-corrected chi connectivity index (χ4v) is 3.09. The predicted molar refractivity (Wildman–Crippen MR) is 84.9 cm³/mol. The zero-order valence-corrected chi connectivity index (χ0v) is 14.3. The van der Waals surface area contributed by atoms with E-state index >= 15 is 0 Å². The average molecular weight is 371 g/mol. The van der Waals surface area contributed by atoms with E-state index in [0.717, 1.165) is 12.1 Å². The van der Waals surface area contributed by atoms with Crippen LogP contribution in [0.15, 0.2) is 28.8 Å². The third-order valence-corrected chi connectivity index (χ3v) is 4.55. The summed E-state index contributed by atoms with van der Waals surface area (Å²) in [7, 11) is 1.53. The first kappa shape index (κ1) is 18.8. The molecule has 0 amide bonds. The van der Waals surface area contributed by atoms with Gasteiger partial charge in [0.05, 0.1) is 17.7 Å². The van der Waals surface area contributed by atoms with Gasteiger partial charge in [-0.25, -0.2) is 0 Å². The molecule has 1 fully saturated rings. The summed E-state index contributed by atoms with van der Waals surface area (Å²) in [6.45, 7) is 1.72. The number of aromatic nitrogens is 2. The van der Waals surface area contributed by atoms with Gasteiger partial charge >= 0.3 is 6.18 Å². The molecule has 0 radical (unpaired) electrons. The molecule has 0 saturated carbocycles. The van der Waals surface area contributed by atoms with E-state index in [1.807, 2.05) is 4.90 Å². The zero-order chi connectivity index (χ0) is 18.8. The summed E-state index contributed by atoms with van der Waals surface area (Å²) in [6, 6.07) is 4.92. The predicted octanol–water partition coefficient (Wildman–Crippen LogP) is 2.72. The number of hydrogen-bond donors (Lipinski definition) is 1. The van der Waals surface area contributed by atoms with E-state index in [1.165, 1.54) is 13.2 Å². The first-order chi connectivity index (χ1) is 12.3. The number of methoxy groups -OCH3 is 1. The average Bonchev–Trinajstić information content (AvgIpc) is 3.04. The smallest absolute Gasteiger partial charge is 0.385 e. The molecule has 6 nitrogen and oxygen atoms in total. The molecule has 1 aliphatic heterocycles. The molecule has 2 aromatic rings. The van der Waals surface area contributed by atoms with Gasteiger partial charge in [-0.1, -0.05) is 17.3 Å². The van der Waals surface area contributed by atoms with Gasteiger partial charge in [0.1, 0.15) is 6.61 Å². The van der Waals surface area contributed by atoms with E-state index in [0.29, 0.717) is 49.8 Å². The molecule has 9 heteroatoms. The van der Waals surface area contributed by atoms with E-state index in [4.69, 9.17) is 9.26 Å². The summed E-state index contributed by atoms with van der Waals surface area (Å²) < 4.78 is 48.6. The third-order valence-electron chi connectivity index (χ3n) is 4.55. The number of benzene rings is 1. The van der Waals surface area contributed by atoms with Crippen molar-refractivity contribution in [2.75, 3.05) is 20.2 Å². The lowest BCUT2D eigenvalue weighted by molar-refractivity contribution is -0.137. The number of piperidine rings is 1. The molecule has 1 aliphatic rings. The highest BCUT2D eigenvalue weighted by molar-refractivity contribution is 5.30. The van der Waals surface area contributed by atoms with Gasteiger partial charge < -0.3 is 14.4 Å². The SMILES string of the molecule is COCc1nc(CN2CCC(O)(c3cccc(C(F)(F)F)c3)CC2)no1. The van der Waals surface area contributed by atoms with Crippen molar-refractivity contribution < 1.29 is 27.5 Å². The van der Waals surface area contributed by atoms with Gasteiger partial charge in [0.15, 0.2) is 5.82 Å². The van der Waals surface area contributed by atoms with Gasteiger partial charge in [-0.3, -0.25) is 4.90 Å². The van der Waals surface area contributed by atoms with Crippen molar-refractivity contribution >= 4 is 0 Å². The molecule has 0 atom stereocenters. The number of hydrogen-bond acceptors (Lipinski definition) is 6. The molecular weight excluding hydrogens is 351 g/mol. The van der Waals surface area contributed by atoms with Crippen LogP contribution in [0.1, 0.15) is 35.7 Å².